The van der Waals surface area contributed by atoms with Gasteiger partial charge in [0, 0.05) is 10.6 Å². The Morgan fingerprint density at radius 2 is 2.06 bits per heavy atom. The van der Waals surface area contributed by atoms with Crippen molar-refractivity contribution in [3.8, 4) is 10.8 Å². The molecule has 3 N–H and O–H groups in total. The van der Waals surface area contributed by atoms with Crippen molar-refractivity contribution in [1.29, 1.82) is 0 Å². The van der Waals surface area contributed by atoms with E-state index in [4.69, 9.17) is 10.2 Å². The van der Waals surface area contributed by atoms with Gasteiger partial charge in [-0.15, -0.1) is 21.5 Å². The molecule has 0 fully saturated rings. The van der Waals surface area contributed by atoms with Gasteiger partial charge in [-0.2, -0.15) is 15.0 Å². The second kappa shape index (κ2) is 8.83. The number of aryl methyl sites for hydroxylation is 1. The van der Waals surface area contributed by atoms with Crippen LogP contribution in [0, 0.1) is 11.7 Å². The molecule has 0 spiro atoms. The molecule has 0 amide bonds. The number of rotatable bonds is 6. The van der Waals surface area contributed by atoms with Crippen molar-refractivity contribution in [3.05, 3.63) is 52.4 Å². The first kappa shape index (κ1) is 20.8. The van der Waals surface area contributed by atoms with Crippen LogP contribution in [0.5, 0.6) is 0 Å². The highest BCUT2D eigenvalue weighted by Crippen LogP contribution is 2.37. The fraction of sp³-hybridized carbons (Fsp3) is 0.286. The monoisotopic (exact) mass is 469 g/mol. The highest BCUT2D eigenvalue weighted by Gasteiger charge is 2.21. The van der Waals surface area contributed by atoms with Gasteiger partial charge in [0.25, 0.3) is 11.1 Å². The number of fused-ring (bicyclic) bond motifs is 1. The molecule has 5 rings (SSSR count). The maximum absolute atomic E-state index is 13.1. The number of hydrogen-bond donors (Lipinski definition) is 2. The first-order valence-corrected chi connectivity index (χ1v) is 11.9. The lowest BCUT2D eigenvalue weighted by Gasteiger charge is -2.16. The zero-order valence-corrected chi connectivity index (χ0v) is 18.8. The number of nitrogens with two attached hydrogens (primary N) is 1. The van der Waals surface area contributed by atoms with Crippen molar-refractivity contribution in [2.45, 2.75) is 37.2 Å². The molecule has 0 saturated heterocycles. The van der Waals surface area contributed by atoms with Crippen LogP contribution in [-0.2, 0) is 18.6 Å². The van der Waals surface area contributed by atoms with Crippen LogP contribution in [0.3, 0.4) is 0 Å². The summed E-state index contributed by atoms with van der Waals surface area (Å²) in [5, 5.41) is 11.8. The van der Waals surface area contributed by atoms with Gasteiger partial charge in [0.1, 0.15) is 11.6 Å². The van der Waals surface area contributed by atoms with E-state index in [1.54, 1.807) is 23.5 Å². The molecule has 0 radical (unpaired) electrons. The third-order valence-electron chi connectivity index (χ3n) is 5.07. The number of thiophene rings is 1. The Morgan fingerprint density at radius 3 is 2.91 bits per heavy atom. The van der Waals surface area contributed by atoms with E-state index in [1.807, 2.05) is 0 Å². The van der Waals surface area contributed by atoms with Gasteiger partial charge < -0.3 is 15.5 Å². The number of thioether (sulfide) groups is 1. The summed E-state index contributed by atoms with van der Waals surface area (Å²) in [5.41, 5.74) is 7.87. The Labute approximate surface area is 191 Å². The molecular weight excluding hydrogens is 449 g/mol. The second-order valence-corrected chi connectivity index (χ2v) is 9.70. The van der Waals surface area contributed by atoms with E-state index in [0.717, 1.165) is 17.7 Å². The Morgan fingerprint density at radius 1 is 1.22 bits per heavy atom. The molecule has 1 aromatic carbocycles. The number of benzene rings is 1. The number of halogens is 1. The molecule has 0 bridgehead atoms. The number of hydrogen-bond acceptors (Lipinski definition) is 10. The average Bonchev–Trinajstić information content (AvgIpc) is 3.40. The van der Waals surface area contributed by atoms with Crippen LogP contribution in [0.15, 0.2) is 40.0 Å². The van der Waals surface area contributed by atoms with Gasteiger partial charge >= 0.3 is 0 Å². The van der Waals surface area contributed by atoms with Crippen molar-refractivity contribution >= 4 is 40.7 Å². The van der Waals surface area contributed by atoms with E-state index >= 15 is 0 Å². The summed E-state index contributed by atoms with van der Waals surface area (Å²) in [6.07, 6.45) is 3.45. The number of nitrogens with one attached hydrogen (secondary N) is 1. The molecule has 1 atom stereocenters. The van der Waals surface area contributed by atoms with Crippen molar-refractivity contribution in [3.63, 3.8) is 0 Å². The van der Waals surface area contributed by atoms with Crippen LogP contribution < -0.4 is 11.1 Å². The predicted octanol–water partition coefficient (Wildman–Crippen LogP) is 4.87. The van der Waals surface area contributed by atoms with Crippen LogP contribution >= 0.6 is 23.1 Å². The van der Waals surface area contributed by atoms with E-state index in [1.165, 1.54) is 40.8 Å². The molecule has 1 aliphatic carbocycles. The molecule has 3 heterocycles. The topological polar surface area (TPSA) is 116 Å². The van der Waals surface area contributed by atoms with E-state index in [2.05, 4.69) is 43.5 Å². The van der Waals surface area contributed by atoms with Gasteiger partial charge in [-0.3, -0.25) is 0 Å². The summed E-state index contributed by atoms with van der Waals surface area (Å²) in [4.78, 5) is 15.0. The normalized spacial score (nSPS) is 15.5. The van der Waals surface area contributed by atoms with E-state index in [-0.39, 0.29) is 17.7 Å². The van der Waals surface area contributed by atoms with Crippen LogP contribution in [0.1, 0.15) is 29.6 Å². The molecule has 8 nitrogen and oxygen atoms in total. The highest BCUT2D eigenvalue weighted by molar-refractivity contribution is 7.98. The standard InChI is InChI=1S/C21H20FN7OS2/c1-11-2-7-15-12(8-11)9-16(32-15)18-28-29-21(30-18)31-10-17-25-19(23)27-20(26-17)24-14-5-3-13(22)4-6-14/h3-6,9,11H,2,7-8,10H2,1H3,(H3,23,24,25,26,27)/t11-/m1/s1. The van der Waals surface area contributed by atoms with E-state index in [0.29, 0.717) is 34.3 Å². The van der Waals surface area contributed by atoms with Crippen LogP contribution in [-0.4, -0.2) is 25.1 Å². The lowest BCUT2D eigenvalue weighted by molar-refractivity contribution is 0.466. The minimum absolute atomic E-state index is 0.0878. The highest BCUT2D eigenvalue weighted by atomic mass is 32.2. The van der Waals surface area contributed by atoms with Gasteiger partial charge in [0.15, 0.2) is 0 Å². The lowest BCUT2D eigenvalue weighted by atomic mass is 9.90. The smallest absolute Gasteiger partial charge is 0.277 e. The molecule has 164 valence electrons. The number of nitrogen functional groups attached to an aromatic ring is 1. The van der Waals surface area contributed by atoms with Crippen molar-refractivity contribution in [1.82, 2.24) is 25.1 Å². The zero-order valence-electron chi connectivity index (χ0n) is 17.2. The molecule has 0 unspecified atom stereocenters. The third-order valence-corrected chi connectivity index (χ3v) is 7.11. The van der Waals surface area contributed by atoms with Crippen molar-refractivity contribution in [2.75, 3.05) is 11.1 Å². The fourth-order valence-corrected chi connectivity index (χ4v) is 5.27. The van der Waals surface area contributed by atoms with Gasteiger partial charge in [-0.25, -0.2) is 4.39 Å². The molecule has 0 aliphatic heterocycles. The Balaban J connectivity index is 1.26. The largest absolute Gasteiger partial charge is 0.410 e. The van der Waals surface area contributed by atoms with Gasteiger partial charge in [-0.1, -0.05) is 18.7 Å². The first-order chi connectivity index (χ1) is 15.5. The van der Waals surface area contributed by atoms with Crippen LogP contribution in [0.2, 0.25) is 0 Å². The molecule has 1 aliphatic rings. The van der Waals surface area contributed by atoms with E-state index < -0.39 is 0 Å². The number of aromatic nitrogens is 5. The van der Waals surface area contributed by atoms with Crippen molar-refractivity contribution in [2.24, 2.45) is 5.92 Å². The van der Waals surface area contributed by atoms with Crippen LogP contribution in [0.25, 0.3) is 10.8 Å². The molecule has 32 heavy (non-hydrogen) atoms. The summed E-state index contributed by atoms with van der Waals surface area (Å²) < 4.78 is 19.0. The van der Waals surface area contributed by atoms with Crippen molar-refractivity contribution < 1.29 is 8.81 Å². The first-order valence-electron chi connectivity index (χ1n) is 10.1. The quantitative estimate of drug-likeness (QED) is 0.382. The van der Waals surface area contributed by atoms with Gasteiger partial charge in [-0.05, 0) is 61.1 Å². The second-order valence-electron chi connectivity index (χ2n) is 7.63. The molecule has 0 saturated carbocycles. The third kappa shape index (κ3) is 4.73. The fourth-order valence-electron chi connectivity index (χ4n) is 3.53. The summed E-state index contributed by atoms with van der Waals surface area (Å²) in [5.74, 6) is 2.15. The predicted molar refractivity (Wildman–Crippen MR) is 122 cm³/mol. The van der Waals surface area contributed by atoms with Crippen LogP contribution in [0.4, 0.5) is 22.0 Å². The van der Waals surface area contributed by atoms with Gasteiger partial charge in [0.05, 0.1) is 10.6 Å². The maximum Gasteiger partial charge on any atom is 0.277 e. The van der Waals surface area contributed by atoms with Gasteiger partial charge in [0.2, 0.25) is 11.9 Å². The molecule has 11 heteroatoms. The minimum Gasteiger partial charge on any atom is -0.410 e. The molecule has 4 aromatic rings. The SMILES string of the molecule is C[C@@H]1CCc2sc(-c3nnc(SCc4nc(N)nc(Nc5ccc(F)cc5)n4)o3)cc2C1. The molecular formula is C21H20FN7OS2. The summed E-state index contributed by atoms with van der Waals surface area (Å²) in [6.45, 7) is 2.29. The summed E-state index contributed by atoms with van der Waals surface area (Å²) >= 11 is 3.07. The summed E-state index contributed by atoms with van der Waals surface area (Å²) in [7, 11) is 0. The molecule has 3 aromatic heterocycles. The Bertz CT molecular complexity index is 1240. The number of anilines is 3. The lowest BCUT2D eigenvalue weighted by Crippen LogP contribution is -2.07. The Kier molecular flexibility index (Phi) is 5.75. The average molecular weight is 470 g/mol. The number of nitrogens with zero attached hydrogens (tertiary/aromatic N) is 5. The zero-order chi connectivity index (χ0) is 22.1. The Hall–Kier alpha value is -3.05. The maximum atomic E-state index is 13.1. The van der Waals surface area contributed by atoms with E-state index in [9.17, 15) is 4.39 Å². The summed E-state index contributed by atoms with van der Waals surface area (Å²) in [6, 6.07) is 8.06. The minimum atomic E-state index is -0.320.